The van der Waals surface area contributed by atoms with Gasteiger partial charge in [0, 0.05) is 0 Å². The number of hydrogen-bond donors (Lipinski definition) is 0. The zero-order valence-electron chi connectivity index (χ0n) is 7.14. The second-order valence-electron chi connectivity index (χ2n) is 2.75. The van der Waals surface area contributed by atoms with E-state index >= 15 is 0 Å². The van der Waals surface area contributed by atoms with Gasteiger partial charge < -0.3 is 0 Å². The third kappa shape index (κ3) is 1.58. The molecule has 1 aromatic carbocycles. The van der Waals surface area contributed by atoms with Gasteiger partial charge in [-0.15, -0.1) is 0 Å². The van der Waals surface area contributed by atoms with E-state index in [1.807, 2.05) is 6.07 Å². The van der Waals surface area contributed by atoms with Crippen LogP contribution < -0.4 is 3.79 Å². The van der Waals surface area contributed by atoms with E-state index in [2.05, 4.69) is 43.5 Å². The molecule has 0 aromatic heterocycles. The topological polar surface area (TPSA) is 9.23 Å². The van der Waals surface area contributed by atoms with Crippen molar-refractivity contribution < 1.29 is 3.79 Å². The Bertz CT molecular complexity index is 269. The first-order valence-corrected chi connectivity index (χ1v) is 4.07. The molecular weight excluding hydrogens is 151 g/mol. The van der Waals surface area contributed by atoms with Crippen LogP contribution in [0.4, 0.5) is 0 Å². The molecule has 0 spiro atoms. The first kappa shape index (κ1) is 8.65. The van der Waals surface area contributed by atoms with Crippen LogP contribution in [0.5, 0.6) is 5.75 Å². The molecule has 0 atom stereocenters. The molecule has 54 valence electrons. The Morgan fingerprint density at radius 3 is 2.27 bits per heavy atom. The van der Waals surface area contributed by atoms with Crippen LogP contribution in [0.3, 0.4) is 0 Å². The Hall–Kier alpha value is -0.448. The molecule has 1 rings (SSSR count). The van der Waals surface area contributed by atoms with E-state index in [9.17, 15) is 0 Å². The van der Waals surface area contributed by atoms with Gasteiger partial charge in [-0.1, -0.05) is 0 Å². The molecule has 0 bridgehead atoms. The Kier molecular flexibility index (Phi) is 2.59. The average molecular weight is 162 g/mol. The molecule has 1 aromatic rings. The minimum absolute atomic E-state index is 0.943. The van der Waals surface area contributed by atoms with Gasteiger partial charge in [-0.3, -0.25) is 0 Å². The maximum atomic E-state index is 5.10. The molecule has 0 saturated carbocycles. The van der Waals surface area contributed by atoms with Gasteiger partial charge in [-0.05, 0) is 0 Å². The number of aryl methyl sites for hydroxylation is 1. The van der Waals surface area contributed by atoms with Crippen LogP contribution >= 0.6 is 0 Å². The molecule has 0 fully saturated rings. The summed E-state index contributed by atoms with van der Waals surface area (Å²) in [6, 6.07) is 4.06. The van der Waals surface area contributed by atoms with Gasteiger partial charge in [-0.2, -0.15) is 0 Å². The summed E-state index contributed by atoms with van der Waals surface area (Å²) < 4.78 is 5.10. The van der Waals surface area contributed by atoms with Crippen molar-refractivity contribution in [1.82, 2.24) is 0 Å². The summed E-state index contributed by atoms with van der Waals surface area (Å²) in [5, 5.41) is 0. The van der Waals surface area contributed by atoms with Crippen molar-refractivity contribution in [2.75, 3.05) is 0 Å². The molecular formula is C9H11AlO+2. The molecule has 0 saturated heterocycles. The van der Waals surface area contributed by atoms with Crippen LogP contribution in [-0.2, 0) is 0 Å². The summed E-state index contributed by atoms with van der Waals surface area (Å²) in [7, 11) is 0. The third-order valence-corrected chi connectivity index (χ3v) is 2.39. The summed E-state index contributed by atoms with van der Waals surface area (Å²) in [6.45, 7) is 6.29. The SMILES string of the molecule is Cc1ccc([O][Al+2])c(C)c1C. The molecule has 1 nitrogen and oxygen atoms in total. The van der Waals surface area contributed by atoms with Gasteiger partial charge in [0.15, 0.2) is 0 Å². The maximum absolute atomic E-state index is 5.10. The fraction of sp³-hybridized carbons (Fsp3) is 0.333. The van der Waals surface area contributed by atoms with Crippen molar-refractivity contribution >= 4 is 16.6 Å². The summed E-state index contributed by atoms with van der Waals surface area (Å²) in [5.41, 5.74) is 3.85. The van der Waals surface area contributed by atoms with Gasteiger partial charge in [0.25, 0.3) is 0 Å². The van der Waals surface area contributed by atoms with Crippen LogP contribution in [0.2, 0.25) is 0 Å². The zero-order chi connectivity index (χ0) is 8.43. The van der Waals surface area contributed by atoms with Crippen LogP contribution in [0.15, 0.2) is 12.1 Å². The average Bonchev–Trinajstić information content (AvgIpc) is 2.01. The summed E-state index contributed by atoms with van der Waals surface area (Å²) in [4.78, 5) is 0. The van der Waals surface area contributed by atoms with Crippen LogP contribution in [-0.4, -0.2) is 16.6 Å². The minimum atomic E-state index is 0.943. The number of hydrogen-bond acceptors (Lipinski definition) is 1. The molecule has 0 heterocycles. The molecule has 0 aliphatic rings. The van der Waals surface area contributed by atoms with E-state index < -0.39 is 0 Å². The second kappa shape index (κ2) is 3.30. The quantitative estimate of drug-likeness (QED) is 0.574. The van der Waals surface area contributed by atoms with Gasteiger partial charge >= 0.3 is 75.8 Å². The van der Waals surface area contributed by atoms with Crippen molar-refractivity contribution in [2.24, 2.45) is 0 Å². The summed E-state index contributed by atoms with van der Waals surface area (Å²) in [6.07, 6.45) is 0. The Morgan fingerprint density at radius 1 is 1.09 bits per heavy atom. The van der Waals surface area contributed by atoms with Crippen LogP contribution in [0.25, 0.3) is 0 Å². The van der Waals surface area contributed by atoms with Crippen molar-refractivity contribution in [2.45, 2.75) is 20.8 Å². The first-order valence-electron chi connectivity index (χ1n) is 3.60. The summed E-state index contributed by atoms with van der Waals surface area (Å²) >= 11 is 2.27. The van der Waals surface area contributed by atoms with Gasteiger partial charge in [0.1, 0.15) is 0 Å². The van der Waals surface area contributed by atoms with Crippen molar-refractivity contribution in [3.63, 3.8) is 0 Å². The van der Waals surface area contributed by atoms with Gasteiger partial charge in [0.05, 0.1) is 0 Å². The van der Waals surface area contributed by atoms with E-state index in [0.717, 1.165) is 5.75 Å². The van der Waals surface area contributed by atoms with Crippen molar-refractivity contribution in [1.29, 1.82) is 0 Å². The first-order chi connectivity index (χ1) is 5.16. The van der Waals surface area contributed by atoms with Crippen LogP contribution in [0.1, 0.15) is 16.7 Å². The number of benzene rings is 1. The van der Waals surface area contributed by atoms with Gasteiger partial charge in [-0.25, -0.2) is 0 Å². The van der Waals surface area contributed by atoms with Crippen molar-refractivity contribution in [3.05, 3.63) is 28.8 Å². The fourth-order valence-corrected chi connectivity index (χ4v) is 1.31. The Labute approximate surface area is 76.1 Å². The monoisotopic (exact) mass is 162 g/mol. The molecule has 0 amide bonds. The predicted octanol–water partition coefficient (Wildman–Crippen LogP) is 2.07. The molecule has 0 unspecified atom stereocenters. The number of rotatable bonds is 1. The molecule has 11 heavy (non-hydrogen) atoms. The zero-order valence-corrected chi connectivity index (χ0v) is 8.29. The van der Waals surface area contributed by atoms with E-state index in [-0.39, 0.29) is 0 Å². The van der Waals surface area contributed by atoms with E-state index in [4.69, 9.17) is 3.79 Å². The van der Waals surface area contributed by atoms with E-state index in [0.29, 0.717) is 0 Å². The summed E-state index contributed by atoms with van der Waals surface area (Å²) in [5.74, 6) is 0.943. The van der Waals surface area contributed by atoms with Crippen molar-refractivity contribution in [3.8, 4) is 5.75 Å². The predicted molar refractivity (Wildman–Crippen MR) is 47.0 cm³/mol. The molecule has 0 aliphatic heterocycles. The van der Waals surface area contributed by atoms with E-state index in [1.54, 1.807) is 0 Å². The van der Waals surface area contributed by atoms with Gasteiger partial charge in [0.2, 0.25) is 0 Å². The van der Waals surface area contributed by atoms with E-state index in [1.165, 1.54) is 16.7 Å². The van der Waals surface area contributed by atoms with Crippen LogP contribution in [0, 0.1) is 20.8 Å². The Morgan fingerprint density at radius 2 is 1.73 bits per heavy atom. The fourth-order valence-electron chi connectivity index (χ4n) is 1.06. The molecule has 2 heteroatoms. The normalized spacial score (nSPS) is 9.91. The Balaban J connectivity index is 3.25. The second-order valence-corrected chi connectivity index (χ2v) is 2.98. The standard InChI is InChI=1S/C9H12O.Al/c1-6-4-5-9(10)8(3)7(6)2;/h4-5,10H,1-3H3;/q;+3/p-1. The molecule has 0 N–H and O–H groups in total. The molecule has 0 aliphatic carbocycles. The third-order valence-electron chi connectivity index (χ3n) is 2.14. The molecule has 0 radical (unpaired) electrons.